The van der Waals surface area contributed by atoms with E-state index in [0.717, 1.165) is 24.0 Å². The number of ether oxygens (including phenoxy) is 1. The molecule has 0 spiro atoms. The first-order valence-corrected chi connectivity index (χ1v) is 6.78. The summed E-state index contributed by atoms with van der Waals surface area (Å²) in [5.41, 5.74) is 1.21. The fraction of sp³-hybridized carbons (Fsp3) is 0.786. The Morgan fingerprint density at radius 2 is 2.17 bits per heavy atom. The first kappa shape index (κ1) is 12.2. The molecule has 0 aromatic carbocycles. The van der Waals surface area contributed by atoms with Gasteiger partial charge in [0, 0.05) is 24.0 Å². The molecular formula is C14H22N2O2. The summed E-state index contributed by atoms with van der Waals surface area (Å²) >= 11 is 0. The van der Waals surface area contributed by atoms with Crippen LogP contribution < -0.4 is 5.32 Å². The Hall–Kier alpha value is -0.870. The molecule has 1 aromatic heterocycles. The fourth-order valence-corrected chi connectivity index (χ4v) is 3.55. The monoisotopic (exact) mass is 250 g/mol. The first-order valence-electron chi connectivity index (χ1n) is 6.78. The van der Waals surface area contributed by atoms with Crippen LogP contribution in [0.5, 0.6) is 0 Å². The van der Waals surface area contributed by atoms with E-state index in [2.05, 4.69) is 24.1 Å². The molecule has 1 saturated carbocycles. The molecule has 1 saturated heterocycles. The second-order valence-electron chi connectivity index (χ2n) is 6.17. The highest BCUT2D eigenvalue weighted by Crippen LogP contribution is 2.52. The Kier molecular flexibility index (Phi) is 2.75. The summed E-state index contributed by atoms with van der Waals surface area (Å²) in [4.78, 5) is 4.41. The Balaban J connectivity index is 1.63. The van der Waals surface area contributed by atoms with Crippen molar-refractivity contribution >= 4 is 0 Å². The van der Waals surface area contributed by atoms with Crippen molar-refractivity contribution < 1.29 is 9.15 Å². The van der Waals surface area contributed by atoms with Crippen LogP contribution in [0.15, 0.2) is 4.42 Å². The van der Waals surface area contributed by atoms with Gasteiger partial charge in [-0.15, -0.1) is 0 Å². The zero-order valence-electron chi connectivity index (χ0n) is 11.6. The molecule has 0 bridgehead atoms. The summed E-state index contributed by atoms with van der Waals surface area (Å²) in [6, 6.07) is 0.512. The van der Waals surface area contributed by atoms with Gasteiger partial charge in [0.1, 0.15) is 5.76 Å². The minimum Gasteiger partial charge on any atom is -0.444 e. The van der Waals surface area contributed by atoms with Gasteiger partial charge in [-0.3, -0.25) is 0 Å². The number of fused-ring (bicyclic) bond motifs is 1. The third kappa shape index (κ3) is 1.70. The Morgan fingerprint density at radius 1 is 1.39 bits per heavy atom. The van der Waals surface area contributed by atoms with Crippen LogP contribution in [0.3, 0.4) is 0 Å². The predicted molar refractivity (Wildman–Crippen MR) is 68.2 cm³/mol. The fourth-order valence-electron chi connectivity index (χ4n) is 3.55. The van der Waals surface area contributed by atoms with E-state index < -0.39 is 0 Å². The second kappa shape index (κ2) is 4.07. The lowest BCUT2D eigenvalue weighted by atomic mass is 9.57. The van der Waals surface area contributed by atoms with Crippen LogP contribution in [0.1, 0.15) is 37.6 Å². The lowest BCUT2D eigenvalue weighted by Crippen LogP contribution is -2.65. The van der Waals surface area contributed by atoms with Crippen LogP contribution in [0.4, 0.5) is 0 Å². The highest BCUT2D eigenvalue weighted by Gasteiger charge is 2.58. The van der Waals surface area contributed by atoms with Crippen molar-refractivity contribution in [2.24, 2.45) is 11.3 Å². The van der Waals surface area contributed by atoms with Gasteiger partial charge in [0.25, 0.3) is 0 Å². The molecule has 1 aliphatic carbocycles. The van der Waals surface area contributed by atoms with Gasteiger partial charge < -0.3 is 14.5 Å². The quantitative estimate of drug-likeness (QED) is 0.893. The van der Waals surface area contributed by atoms with Gasteiger partial charge in [0.2, 0.25) is 5.89 Å². The molecule has 2 heterocycles. The van der Waals surface area contributed by atoms with Crippen LogP contribution in [0.2, 0.25) is 0 Å². The molecular weight excluding hydrogens is 228 g/mol. The van der Waals surface area contributed by atoms with E-state index in [9.17, 15) is 0 Å². The molecule has 0 amide bonds. The van der Waals surface area contributed by atoms with E-state index >= 15 is 0 Å². The maximum absolute atomic E-state index is 5.79. The average Bonchev–Trinajstić information content (AvgIpc) is 2.86. The molecule has 3 unspecified atom stereocenters. The molecule has 4 heteroatoms. The largest absolute Gasteiger partial charge is 0.444 e. The number of nitrogens with zero attached hydrogens (tertiary/aromatic N) is 1. The third-order valence-electron chi connectivity index (χ3n) is 4.65. The van der Waals surface area contributed by atoms with Crippen LogP contribution >= 0.6 is 0 Å². The number of hydrogen-bond donors (Lipinski definition) is 1. The predicted octanol–water partition coefficient (Wildman–Crippen LogP) is 2.19. The lowest BCUT2D eigenvalue weighted by Gasteiger charge is -2.54. The summed E-state index contributed by atoms with van der Waals surface area (Å²) in [5, 5.41) is 3.60. The summed E-state index contributed by atoms with van der Waals surface area (Å²) < 4.78 is 11.4. The Morgan fingerprint density at radius 3 is 2.83 bits per heavy atom. The van der Waals surface area contributed by atoms with Gasteiger partial charge in [-0.25, -0.2) is 4.98 Å². The topological polar surface area (TPSA) is 47.3 Å². The first-order chi connectivity index (χ1) is 8.50. The number of nitrogens with one attached hydrogen (secondary N) is 1. The number of hydrogen-bond acceptors (Lipinski definition) is 4. The van der Waals surface area contributed by atoms with E-state index in [-0.39, 0.29) is 5.41 Å². The number of aryl methyl sites for hydroxylation is 2. The van der Waals surface area contributed by atoms with Crippen molar-refractivity contribution in [3.05, 3.63) is 17.3 Å². The maximum atomic E-state index is 5.79. The standard InChI is InChI=1S/C14H22N2O2/c1-8-9(2)18-11(16-8)7-15-12-10-5-6-17-13(10)14(12,3)4/h10,12-13,15H,5-7H2,1-4H3. The van der Waals surface area contributed by atoms with Gasteiger partial charge >= 0.3 is 0 Å². The molecule has 1 N–H and O–H groups in total. The van der Waals surface area contributed by atoms with Crippen molar-refractivity contribution in [3.63, 3.8) is 0 Å². The molecule has 3 rings (SSSR count). The van der Waals surface area contributed by atoms with Crippen LogP contribution in [0.25, 0.3) is 0 Å². The van der Waals surface area contributed by atoms with Crippen molar-refractivity contribution in [3.8, 4) is 0 Å². The smallest absolute Gasteiger partial charge is 0.208 e. The van der Waals surface area contributed by atoms with Crippen molar-refractivity contribution in [1.82, 2.24) is 10.3 Å². The zero-order chi connectivity index (χ0) is 12.9. The molecule has 3 atom stereocenters. The van der Waals surface area contributed by atoms with Gasteiger partial charge in [0.05, 0.1) is 18.3 Å². The molecule has 2 aliphatic rings. The molecule has 18 heavy (non-hydrogen) atoms. The number of aromatic nitrogens is 1. The van der Waals surface area contributed by atoms with E-state index in [1.54, 1.807) is 0 Å². The Bertz CT molecular complexity index is 433. The molecule has 4 nitrogen and oxygen atoms in total. The summed E-state index contributed by atoms with van der Waals surface area (Å²) in [5.74, 6) is 2.38. The van der Waals surface area contributed by atoms with E-state index in [1.807, 2.05) is 13.8 Å². The highest BCUT2D eigenvalue weighted by atomic mass is 16.5. The number of rotatable bonds is 3. The van der Waals surface area contributed by atoms with Crippen molar-refractivity contribution in [1.29, 1.82) is 0 Å². The highest BCUT2D eigenvalue weighted by molar-refractivity contribution is 5.12. The van der Waals surface area contributed by atoms with Crippen LogP contribution in [-0.2, 0) is 11.3 Å². The van der Waals surface area contributed by atoms with Gasteiger partial charge in [-0.1, -0.05) is 13.8 Å². The second-order valence-corrected chi connectivity index (χ2v) is 6.17. The molecule has 2 fully saturated rings. The lowest BCUT2D eigenvalue weighted by molar-refractivity contribution is -0.113. The maximum Gasteiger partial charge on any atom is 0.208 e. The SMILES string of the molecule is Cc1nc(CNC2C3CCOC3C2(C)C)oc1C. The van der Waals surface area contributed by atoms with Crippen LogP contribution in [-0.4, -0.2) is 23.7 Å². The molecule has 0 radical (unpaired) electrons. The average molecular weight is 250 g/mol. The van der Waals surface area contributed by atoms with Gasteiger partial charge in [-0.2, -0.15) is 0 Å². The van der Waals surface area contributed by atoms with Crippen molar-refractivity contribution in [2.75, 3.05) is 6.61 Å². The molecule has 100 valence electrons. The Labute approximate surface area is 108 Å². The summed E-state index contributed by atoms with van der Waals surface area (Å²) in [6.45, 7) is 10.1. The third-order valence-corrected chi connectivity index (χ3v) is 4.65. The molecule has 1 aliphatic heterocycles. The van der Waals surface area contributed by atoms with E-state index in [1.165, 1.54) is 6.42 Å². The van der Waals surface area contributed by atoms with E-state index in [4.69, 9.17) is 9.15 Å². The number of oxazole rings is 1. The van der Waals surface area contributed by atoms with E-state index in [0.29, 0.717) is 24.6 Å². The van der Waals surface area contributed by atoms with Gasteiger partial charge in [0.15, 0.2) is 0 Å². The van der Waals surface area contributed by atoms with Gasteiger partial charge in [-0.05, 0) is 20.3 Å². The summed E-state index contributed by atoms with van der Waals surface area (Å²) in [6.07, 6.45) is 1.61. The normalized spacial score (nSPS) is 33.2. The minimum atomic E-state index is 0.220. The van der Waals surface area contributed by atoms with Crippen molar-refractivity contribution in [2.45, 2.75) is 52.8 Å². The summed E-state index contributed by atoms with van der Waals surface area (Å²) in [7, 11) is 0. The zero-order valence-corrected chi connectivity index (χ0v) is 11.6. The minimum absolute atomic E-state index is 0.220. The van der Waals surface area contributed by atoms with Crippen LogP contribution in [0, 0.1) is 25.2 Å². The molecule has 1 aromatic rings.